The summed E-state index contributed by atoms with van der Waals surface area (Å²) in [5.41, 5.74) is -0.308. The maximum absolute atomic E-state index is 12.7. The second kappa shape index (κ2) is 6.37. The van der Waals surface area contributed by atoms with Crippen LogP contribution in [0.2, 0.25) is 0 Å². The van der Waals surface area contributed by atoms with Crippen molar-refractivity contribution in [1.29, 1.82) is 0 Å². The summed E-state index contributed by atoms with van der Waals surface area (Å²) in [4.78, 5) is 15.8. The van der Waals surface area contributed by atoms with E-state index < -0.39 is 0 Å². The average Bonchev–Trinajstić information content (AvgIpc) is 2.99. The Labute approximate surface area is 127 Å². The first-order valence-corrected chi connectivity index (χ1v) is 8.48. The van der Waals surface area contributed by atoms with Gasteiger partial charge in [0.1, 0.15) is 0 Å². The average molecular weight is 345 g/mol. The van der Waals surface area contributed by atoms with Gasteiger partial charge in [-0.3, -0.25) is 4.79 Å². The number of rotatable bonds is 5. The summed E-state index contributed by atoms with van der Waals surface area (Å²) < 4.78 is 1.09. The molecule has 0 bridgehead atoms. The van der Waals surface area contributed by atoms with Crippen molar-refractivity contribution in [3.63, 3.8) is 0 Å². The number of nitrogens with zero attached hydrogens (tertiary/aromatic N) is 1. The molecule has 1 unspecified atom stereocenters. The fourth-order valence-electron chi connectivity index (χ4n) is 2.84. The highest BCUT2D eigenvalue weighted by Gasteiger charge is 2.41. The Hall–Kier alpha value is -0.390. The molecule has 3 nitrogen and oxygen atoms in total. The SMILES string of the molecule is CCCC1(C(=O)N(C)Cc2cc(Br)cs2)CCCN1. The highest BCUT2D eigenvalue weighted by atomic mass is 79.9. The molecule has 1 amide bonds. The van der Waals surface area contributed by atoms with E-state index in [-0.39, 0.29) is 11.4 Å². The summed E-state index contributed by atoms with van der Waals surface area (Å²) in [6.07, 6.45) is 4.05. The fraction of sp³-hybridized carbons (Fsp3) is 0.643. The van der Waals surface area contributed by atoms with E-state index in [0.29, 0.717) is 6.54 Å². The van der Waals surface area contributed by atoms with E-state index in [2.05, 4.69) is 39.6 Å². The van der Waals surface area contributed by atoms with Gasteiger partial charge in [0.15, 0.2) is 0 Å². The van der Waals surface area contributed by atoms with Crippen LogP contribution in [-0.4, -0.2) is 29.9 Å². The highest BCUT2D eigenvalue weighted by Crippen LogP contribution is 2.28. The van der Waals surface area contributed by atoms with Crippen LogP contribution in [0.4, 0.5) is 0 Å². The first kappa shape index (κ1) is 15.0. The predicted molar refractivity (Wildman–Crippen MR) is 83.4 cm³/mol. The van der Waals surface area contributed by atoms with E-state index in [1.54, 1.807) is 11.3 Å². The van der Waals surface area contributed by atoms with Gasteiger partial charge in [-0.25, -0.2) is 0 Å². The van der Waals surface area contributed by atoms with Gasteiger partial charge in [0, 0.05) is 21.8 Å². The predicted octanol–water partition coefficient (Wildman–Crippen LogP) is 3.39. The molecule has 0 radical (unpaired) electrons. The normalized spacial score (nSPS) is 22.7. The molecule has 1 aromatic rings. The zero-order valence-corrected chi connectivity index (χ0v) is 13.9. The minimum absolute atomic E-state index is 0.247. The van der Waals surface area contributed by atoms with Gasteiger partial charge in [0.2, 0.25) is 5.91 Å². The number of carbonyl (C=O) groups excluding carboxylic acids is 1. The molecule has 1 atom stereocenters. The molecule has 1 fully saturated rings. The monoisotopic (exact) mass is 344 g/mol. The van der Waals surface area contributed by atoms with Crippen molar-refractivity contribution in [2.75, 3.05) is 13.6 Å². The van der Waals surface area contributed by atoms with Crippen molar-refractivity contribution in [1.82, 2.24) is 10.2 Å². The molecule has 2 rings (SSSR count). The lowest BCUT2D eigenvalue weighted by molar-refractivity contribution is -0.137. The number of amides is 1. The fourth-order valence-corrected chi connectivity index (χ4v) is 4.35. The van der Waals surface area contributed by atoms with Crippen LogP contribution < -0.4 is 5.32 Å². The molecule has 0 aromatic carbocycles. The standard InChI is InChI=1S/C14H21BrN2OS/c1-3-5-14(6-4-7-16-14)13(18)17(2)9-12-8-11(15)10-19-12/h8,10,16H,3-7,9H2,1-2H3. The largest absolute Gasteiger partial charge is 0.339 e. The van der Waals surface area contributed by atoms with Gasteiger partial charge in [-0.2, -0.15) is 0 Å². The molecule has 1 aromatic heterocycles. The Morgan fingerprint density at radius 2 is 2.42 bits per heavy atom. The summed E-state index contributed by atoms with van der Waals surface area (Å²) in [6, 6.07) is 2.09. The van der Waals surface area contributed by atoms with Crippen LogP contribution in [0.1, 0.15) is 37.5 Å². The molecule has 1 aliphatic rings. The Morgan fingerprint density at radius 1 is 1.63 bits per heavy atom. The second-order valence-electron chi connectivity index (χ2n) is 5.25. The van der Waals surface area contributed by atoms with Crippen LogP contribution >= 0.6 is 27.3 Å². The molecule has 0 aliphatic carbocycles. The van der Waals surface area contributed by atoms with Crippen LogP contribution in [0.5, 0.6) is 0 Å². The lowest BCUT2D eigenvalue weighted by Crippen LogP contribution is -2.53. The number of hydrogen-bond donors (Lipinski definition) is 1. The van der Waals surface area contributed by atoms with Crippen molar-refractivity contribution in [3.05, 3.63) is 20.8 Å². The third-order valence-corrected chi connectivity index (χ3v) is 5.37. The van der Waals surface area contributed by atoms with Crippen LogP contribution in [0.25, 0.3) is 0 Å². The lowest BCUT2D eigenvalue weighted by atomic mass is 9.90. The number of halogens is 1. The van der Waals surface area contributed by atoms with Gasteiger partial charge in [-0.15, -0.1) is 11.3 Å². The first-order valence-electron chi connectivity index (χ1n) is 6.81. The topological polar surface area (TPSA) is 32.3 Å². The number of hydrogen-bond acceptors (Lipinski definition) is 3. The van der Waals surface area contributed by atoms with Crippen LogP contribution in [-0.2, 0) is 11.3 Å². The van der Waals surface area contributed by atoms with Crippen LogP contribution in [0.3, 0.4) is 0 Å². The number of carbonyl (C=O) groups is 1. The van der Waals surface area contributed by atoms with Crippen molar-refractivity contribution >= 4 is 33.2 Å². The maximum Gasteiger partial charge on any atom is 0.242 e. The van der Waals surface area contributed by atoms with Crippen molar-refractivity contribution in [2.45, 2.75) is 44.7 Å². The van der Waals surface area contributed by atoms with Crippen molar-refractivity contribution < 1.29 is 4.79 Å². The van der Waals surface area contributed by atoms with E-state index in [1.165, 1.54) is 4.88 Å². The lowest BCUT2D eigenvalue weighted by Gasteiger charge is -2.32. The zero-order chi connectivity index (χ0) is 13.9. The van der Waals surface area contributed by atoms with Gasteiger partial charge in [-0.1, -0.05) is 13.3 Å². The summed E-state index contributed by atoms with van der Waals surface area (Å²) in [7, 11) is 1.91. The van der Waals surface area contributed by atoms with Crippen LogP contribution in [0.15, 0.2) is 15.9 Å². The van der Waals surface area contributed by atoms with E-state index in [1.807, 2.05) is 11.9 Å². The van der Waals surface area contributed by atoms with Crippen molar-refractivity contribution in [3.8, 4) is 0 Å². The van der Waals surface area contributed by atoms with E-state index in [4.69, 9.17) is 0 Å². The molecular formula is C14H21BrN2OS. The minimum Gasteiger partial charge on any atom is -0.339 e. The maximum atomic E-state index is 12.7. The Balaban J connectivity index is 2.04. The quantitative estimate of drug-likeness (QED) is 0.887. The van der Waals surface area contributed by atoms with Gasteiger partial charge >= 0.3 is 0 Å². The molecule has 1 aliphatic heterocycles. The third kappa shape index (κ3) is 3.38. The molecule has 19 heavy (non-hydrogen) atoms. The molecule has 0 spiro atoms. The number of nitrogens with one attached hydrogen (secondary N) is 1. The summed E-state index contributed by atoms with van der Waals surface area (Å²) in [5, 5.41) is 5.50. The molecule has 1 saturated heterocycles. The Kier molecular flexibility index (Phi) is 5.03. The molecule has 5 heteroatoms. The second-order valence-corrected chi connectivity index (χ2v) is 7.17. The van der Waals surface area contributed by atoms with Crippen molar-refractivity contribution in [2.24, 2.45) is 0 Å². The zero-order valence-electron chi connectivity index (χ0n) is 11.5. The molecule has 2 heterocycles. The Bertz CT molecular complexity index is 440. The van der Waals surface area contributed by atoms with Gasteiger partial charge in [0.25, 0.3) is 0 Å². The van der Waals surface area contributed by atoms with Crippen LogP contribution in [0, 0.1) is 0 Å². The van der Waals surface area contributed by atoms with Gasteiger partial charge in [-0.05, 0) is 47.8 Å². The van der Waals surface area contributed by atoms with E-state index in [9.17, 15) is 4.79 Å². The molecule has 106 valence electrons. The third-order valence-electron chi connectivity index (χ3n) is 3.69. The van der Waals surface area contributed by atoms with Gasteiger partial charge in [0.05, 0.1) is 12.1 Å². The highest BCUT2D eigenvalue weighted by molar-refractivity contribution is 9.10. The molecular weight excluding hydrogens is 324 g/mol. The summed E-state index contributed by atoms with van der Waals surface area (Å²) >= 11 is 5.14. The Morgan fingerprint density at radius 3 is 2.95 bits per heavy atom. The van der Waals surface area contributed by atoms with E-state index >= 15 is 0 Å². The number of thiophene rings is 1. The summed E-state index contributed by atoms with van der Waals surface area (Å²) in [6.45, 7) is 3.80. The first-order chi connectivity index (χ1) is 9.07. The minimum atomic E-state index is -0.308. The molecule has 0 saturated carbocycles. The van der Waals surface area contributed by atoms with E-state index in [0.717, 1.165) is 36.7 Å². The molecule has 1 N–H and O–H groups in total. The number of likely N-dealkylation sites (N-methyl/N-ethyl adjacent to an activating group) is 1. The smallest absolute Gasteiger partial charge is 0.242 e. The summed E-state index contributed by atoms with van der Waals surface area (Å²) in [5.74, 6) is 0.247. The van der Waals surface area contributed by atoms with Gasteiger partial charge < -0.3 is 10.2 Å².